The van der Waals surface area contributed by atoms with Crippen LogP contribution in [-0.2, 0) is 6.54 Å². The standard InChI is InChI=1S/C16H22N2/c1-16(13-17-2)10-8-15(9-11-16)18-12-14-6-4-3-5-7-14/h3-7,15,18H,8-13H2,1H3. The molecule has 1 saturated carbocycles. The Kier molecular flexibility index (Phi) is 4.38. The molecule has 1 aromatic rings. The average Bonchev–Trinajstić information content (AvgIpc) is 2.40. The molecule has 2 nitrogen and oxygen atoms in total. The molecule has 1 N–H and O–H groups in total. The Morgan fingerprint density at radius 2 is 1.94 bits per heavy atom. The lowest BCUT2D eigenvalue weighted by Crippen LogP contribution is -2.37. The van der Waals surface area contributed by atoms with Gasteiger partial charge in [0.1, 0.15) is 0 Å². The van der Waals surface area contributed by atoms with Gasteiger partial charge < -0.3 is 10.2 Å². The molecule has 1 fully saturated rings. The van der Waals surface area contributed by atoms with E-state index in [2.05, 4.69) is 47.4 Å². The molecule has 1 aromatic carbocycles. The molecule has 0 spiro atoms. The summed E-state index contributed by atoms with van der Waals surface area (Å²) in [7, 11) is 0. The van der Waals surface area contributed by atoms with E-state index in [9.17, 15) is 0 Å². The second-order valence-electron chi connectivity index (χ2n) is 5.77. The maximum Gasteiger partial charge on any atom is 0.219 e. The predicted octanol–water partition coefficient (Wildman–Crippen LogP) is 3.64. The highest BCUT2D eigenvalue weighted by atomic mass is 14.9. The molecule has 0 saturated heterocycles. The van der Waals surface area contributed by atoms with Crippen LogP contribution in [-0.4, -0.2) is 12.6 Å². The number of benzene rings is 1. The summed E-state index contributed by atoms with van der Waals surface area (Å²) in [4.78, 5) is 3.58. The zero-order chi connectivity index (χ0) is 12.8. The van der Waals surface area contributed by atoms with Crippen LogP contribution in [0.1, 0.15) is 38.2 Å². The molecule has 0 amide bonds. The monoisotopic (exact) mass is 242 g/mol. The SMILES string of the molecule is [C-]#[N+]CC1(C)CCC(NCc2ccccc2)CC1. The fourth-order valence-corrected chi connectivity index (χ4v) is 2.73. The van der Waals surface area contributed by atoms with Crippen molar-refractivity contribution in [2.45, 2.75) is 45.2 Å². The van der Waals surface area contributed by atoms with Gasteiger partial charge in [0.25, 0.3) is 0 Å². The van der Waals surface area contributed by atoms with E-state index in [1.807, 2.05) is 0 Å². The van der Waals surface area contributed by atoms with Crippen LogP contribution in [0.25, 0.3) is 4.85 Å². The van der Waals surface area contributed by atoms with Gasteiger partial charge in [0.05, 0.1) is 0 Å². The van der Waals surface area contributed by atoms with Crippen LogP contribution < -0.4 is 5.32 Å². The van der Waals surface area contributed by atoms with Crippen molar-refractivity contribution in [3.8, 4) is 0 Å². The van der Waals surface area contributed by atoms with Crippen molar-refractivity contribution in [2.24, 2.45) is 5.41 Å². The van der Waals surface area contributed by atoms with Gasteiger partial charge in [-0.2, -0.15) is 0 Å². The first-order valence-electron chi connectivity index (χ1n) is 6.82. The van der Waals surface area contributed by atoms with Gasteiger partial charge in [-0.25, -0.2) is 6.57 Å². The highest BCUT2D eigenvalue weighted by Crippen LogP contribution is 2.36. The van der Waals surface area contributed by atoms with Crippen LogP contribution in [0.5, 0.6) is 0 Å². The van der Waals surface area contributed by atoms with Crippen molar-refractivity contribution in [3.05, 3.63) is 47.3 Å². The Morgan fingerprint density at radius 1 is 1.28 bits per heavy atom. The van der Waals surface area contributed by atoms with Gasteiger partial charge in [-0.05, 0) is 31.2 Å². The third-order valence-electron chi connectivity index (χ3n) is 4.09. The smallest absolute Gasteiger partial charge is 0.219 e. The third kappa shape index (κ3) is 3.58. The zero-order valence-electron chi connectivity index (χ0n) is 11.2. The van der Waals surface area contributed by atoms with Crippen LogP contribution in [0, 0.1) is 12.0 Å². The predicted molar refractivity (Wildman–Crippen MR) is 75.1 cm³/mol. The summed E-state index contributed by atoms with van der Waals surface area (Å²) >= 11 is 0. The molecule has 96 valence electrons. The molecule has 1 aliphatic rings. The van der Waals surface area contributed by atoms with Crippen LogP contribution in [0.3, 0.4) is 0 Å². The first-order chi connectivity index (χ1) is 8.72. The minimum Gasteiger partial charge on any atom is -0.316 e. The number of nitrogens with zero attached hydrogens (tertiary/aromatic N) is 1. The van der Waals surface area contributed by atoms with Crippen molar-refractivity contribution < 1.29 is 0 Å². The maximum atomic E-state index is 7.02. The first-order valence-corrected chi connectivity index (χ1v) is 6.82. The summed E-state index contributed by atoms with van der Waals surface area (Å²) in [6.07, 6.45) is 4.78. The van der Waals surface area contributed by atoms with Gasteiger partial charge in [0, 0.05) is 18.0 Å². The molecular weight excluding hydrogens is 220 g/mol. The van der Waals surface area contributed by atoms with E-state index in [-0.39, 0.29) is 5.41 Å². The maximum absolute atomic E-state index is 7.02. The van der Waals surface area contributed by atoms with Crippen molar-refractivity contribution >= 4 is 0 Å². The van der Waals surface area contributed by atoms with E-state index in [4.69, 9.17) is 6.57 Å². The lowest BCUT2D eigenvalue weighted by molar-refractivity contribution is 0.201. The molecule has 0 aromatic heterocycles. The Labute approximate surface area is 110 Å². The quantitative estimate of drug-likeness (QED) is 0.797. The van der Waals surface area contributed by atoms with Crippen molar-refractivity contribution in [1.82, 2.24) is 5.32 Å². The third-order valence-corrected chi connectivity index (χ3v) is 4.09. The van der Waals surface area contributed by atoms with Gasteiger partial charge in [-0.15, -0.1) is 0 Å². The van der Waals surface area contributed by atoms with E-state index in [1.54, 1.807) is 0 Å². The molecule has 0 aliphatic heterocycles. The molecular formula is C16H22N2. The summed E-state index contributed by atoms with van der Waals surface area (Å²) in [6, 6.07) is 11.2. The minimum absolute atomic E-state index is 0.271. The number of hydrogen-bond acceptors (Lipinski definition) is 1. The number of rotatable bonds is 4. The van der Waals surface area contributed by atoms with Gasteiger partial charge in [0.2, 0.25) is 6.54 Å². The minimum atomic E-state index is 0.271. The van der Waals surface area contributed by atoms with E-state index in [0.29, 0.717) is 12.6 Å². The van der Waals surface area contributed by atoms with Gasteiger partial charge in [0.15, 0.2) is 0 Å². The van der Waals surface area contributed by atoms with Crippen LogP contribution in [0.4, 0.5) is 0 Å². The van der Waals surface area contributed by atoms with Gasteiger partial charge >= 0.3 is 0 Å². The van der Waals surface area contributed by atoms with E-state index < -0.39 is 0 Å². The summed E-state index contributed by atoms with van der Waals surface area (Å²) in [6.45, 7) is 10.9. The fourth-order valence-electron chi connectivity index (χ4n) is 2.73. The average molecular weight is 242 g/mol. The summed E-state index contributed by atoms with van der Waals surface area (Å²) < 4.78 is 0. The van der Waals surface area contributed by atoms with E-state index in [1.165, 1.54) is 31.2 Å². The molecule has 0 atom stereocenters. The Balaban J connectivity index is 1.76. The summed E-state index contributed by atoms with van der Waals surface area (Å²) in [5.41, 5.74) is 1.62. The highest BCUT2D eigenvalue weighted by Gasteiger charge is 2.33. The molecule has 0 radical (unpaired) electrons. The molecule has 0 bridgehead atoms. The largest absolute Gasteiger partial charge is 0.316 e. The fraction of sp³-hybridized carbons (Fsp3) is 0.562. The van der Waals surface area contributed by atoms with Crippen LogP contribution in [0.15, 0.2) is 30.3 Å². The number of hydrogen-bond donors (Lipinski definition) is 1. The lowest BCUT2D eigenvalue weighted by Gasteiger charge is -2.34. The second kappa shape index (κ2) is 6.02. The zero-order valence-corrected chi connectivity index (χ0v) is 11.2. The number of nitrogens with one attached hydrogen (secondary N) is 1. The Bertz CT molecular complexity index is 397. The molecule has 1 aliphatic carbocycles. The Morgan fingerprint density at radius 3 is 2.56 bits per heavy atom. The molecule has 0 heterocycles. The van der Waals surface area contributed by atoms with Crippen molar-refractivity contribution in [1.29, 1.82) is 0 Å². The first kappa shape index (κ1) is 13.1. The van der Waals surface area contributed by atoms with Gasteiger partial charge in [-0.1, -0.05) is 37.3 Å². The second-order valence-corrected chi connectivity index (χ2v) is 5.77. The molecule has 2 rings (SSSR count). The van der Waals surface area contributed by atoms with Crippen molar-refractivity contribution in [2.75, 3.05) is 6.54 Å². The highest BCUT2D eigenvalue weighted by molar-refractivity contribution is 5.14. The lowest BCUT2D eigenvalue weighted by atomic mass is 9.74. The molecule has 2 heteroatoms. The van der Waals surface area contributed by atoms with E-state index >= 15 is 0 Å². The topological polar surface area (TPSA) is 16.4 Å². The van der Waals surface area contributed by atoms with Crippen molar-refractivity contribution in [3.63, 3.8) is 0 Å². The van der Waals surface area contributed by atoms with Gasteiger partial charge in [-0.3, -0.25) is 0 Å². The summed E-state index contributed by atoms with van der Waals surface area (Å²) in [5, 5.41) is 3.64. The molecule has 0 unspecified atom stereocenters. The van der Waals surface area contributed by atoms with Crippen LogP contribution >= 0.6 is 0 Å². The normalized spacial score (nSPS) is 27.7. The Hall–Kier alpha value is -1.33. The summed E-state index contributed by atoms with van der Waals surface area (Å²) in [5.74, 6) is 0. The van der Waals surface area contributed by atoms with Crippen LogP contribution in [0.2, 0.25) is 0 Å². The van der Waals surface area contributed by atoms with E-state index in [0.717, 1.165) is 6.54 Å². The molecule has 18 heavy (non-hydrogen) atoms.